The van der Waals surface area contributed by atoms with Gasteiger partial charge in [-0.25, -0.2) is 4.79 Å². The molecule has 0 heterocycles. The Balaban J connectivity index is 3.21. The van der Waals surface area contributed by atoms with Crippen molar-refractivity contribution in [2.24, 2.45) is 0 Å². The number of rotatable bonds is 15. The van der Waals surface area contributed by atoms with E-state index in [9.17, 15) is 4.79 Å². The van der Waals surface area contributed by atoms with Crippen LogP contribution in [0.4, 0.5) is 0 Å². The van der Waals surface area contributed by atoms with Gasteiger partial charge in [0.05, 0.1) is 6.61 Å². The number of carbonyl (C=O) groups is 1. The zero-order valence-corrected chi connectivity index (χ0v) is 14.8. The van der Waals surface area contributed by atoms with Gasteiger partial charge in [-0.05, 0) is 19.8 Å². The van der Waals surface area contributed by atoms with Gasteiger partial charge in [0.2, 0.25) is 0 Å². The summed E-state index contributed by atoms with van der Waals surface area (Å²) in [4.78, 5) is 11.0. The van der Waals surface area contributed by atoms with Crippen molar-refractivity contribution >= 4 is 5.97 Å². The molecule has 0 bridgehead atoms. The molecule has 2 heteroatoms. The van der Waals surface area contributed by atoms with Crippen molar-refractivity contribution in [3.63, 3.8) is 0 Å². The van der Waals surface area contributed by atoms with Gasteiger partial charge in [0, 0.05) is 6.08 Å². The molecular weight excluding hydrogens is 272 g/mol. The lowest BCUT2D eigenvalue weighted by Gasteiger charge is -2.01. The van der Waals surface area contributed by atoms with Gasteiger partial charge in [0.1, 0.15) is 0 Å². The maximum atomic E-state index is 11.0. The van der Waals surface area contributed by atoms with Gasteiger partial charge in [0.25, 0.3) is 0 Å². The standard InChI is InChI=1S/C20H36O2/c1-3-5-6-7-8-9-10-11-12-13-14-15-16-17-18-19-20(21)22-4-2/h16-19H,3-15H2,1-2H3/b17-16+,19-18+. The van der Waals surface area contributed by atoms with Crippen molar-refractivity contribution in [2.45, 2.75) is 90.9 Å². The Morgan fingerprint density at radius 3 is 1.86 bits per heavy atom. The molecule has 0 spiro atoms. The Morgan fingerprint density at radius 2 is 1.32 bits per heavy atom. The summed E-state index contributed by atoms with van der Waals surface area (Å²) < 4.78 is 4.80. The van der Waals surface area contributed by atoms with Crippen LogP contribution in [0.2, 0.25) is 0 Å². The van der Waals surface area contributed by atoms with Crippen LogP contribution in [0.3, 0.4) is 0 Å². The summed E-state index contributed by atoms with van der Waals surface area (Å²) >= 11 is 0. The number of hydrogen-bond donors (Lipinski definition) is 0. The highest BCUT2D eigenvalue weighted by atomic mass is 16.5. The van der Waals surface area contributed by atoms with Crippen LogP contribution in [0.15, 0.2) is 24.3 Å². The average Bonchev–Trinajstić information content (AvgIpc) is 2.51. The first-order chi connectivity index (χ1) is 10.8. The molecule has 0 radical (unpaired) electrons. The minimum Gasteiger partial charge on any atom is -0.463 e. The maximum absolute atomic E-state index is 11.0. The van der Waals surface area contributed by atoms with Crippen molar-refractivity contribution in [1.29, 1.82) is 0 Å². The van der Waals surface area contributed by atoms with Gasteiger partial charge >= 0.3 is 5.97 Å². The van der Waals surface area contributed by atoms with E-state index in [2.05, 4.69) is 13.0 Å². The maximum Gasteiger partial charge on any atom is 0.330 e. The van der Waals surface area contributed by atoms with E-state index in [0.29, 0.717) is 6.61 Å². The van der Waals surface area contributed by atoms with Crippen LogP contribution in [0.1, 0.15) is 90.9 Å². The first-order valence-corrected chi connectivity index (χ1v) is 9.31. The Kier molecular flexibility index (Phi) is 17.1. The molecule has 0 N–H and O–H groups in total. The molecule has 0 saturated carbocycles. The van der Waals surface area contributed by atoms with Crippen LogP contribution in [-0.4, -0.2) is 12.6 Å². The van der Waals surface area contributed by atoms with Crippen LogP contribution in [0, 0.1) is 0 Å². The highest BCUT2D eigenvalue weighted by Gasteiger charge is 1.92. The van der Waals surface area contributed by atoms with Gasteiger partial charge in [-0.15, -0.1) is 0 Å². The quantitative estimate of drug-likeness (QED) is 0.152. The predicted octanol–water partition coefficient (Wildman–Crippen LogP) is 6.36. The van der Waals surface area contributed by atoms with E-state index in [1.54, 1.807) is 6.08 Å². The number of carbonyl (C=O) groups excluding carboxylic acids is 1. The van der Waals surface area contributed by atoms with Crippen LogP contribution < -0.4 is 0 Å². The van der Waals surface area contributed by atoms with E-state index in [4.69, 9.17) is 4.74 Å². The third kappa shape index (κ3) is 17.0. The summed E-state index contributed by atoms with van der Waals surface area (Å²) in [5.41, 5.74) is 0. The lowest BCUT2D eigenvalue weighted by Crippen LogP contribution is -1.98. The lowest BCUT2D eigenvalue weighted by molar-refractivity contribution is -0.137. The van der Waals surface area contributed by atoms with Crippen LogP contribution in [-0.2, 0) is 9.53 Å². The molecule has 0 amide bonds. The van der Waals surface area contributed by atoms with Crippen LogP contribution in [0.25, 0.3) is 0 Å². The number of allylic oxidation sites excluding steroid dienone is 3. The minimum atomic E-state index is -0.262. The predicted molar refractivity (Wildman–Crippen MR) is 96.0 cm³/mol. The zero-order chi connectivity index (χ0) is 16.3. The zero-order valence-electron chi connectivity index (χ0n) is 14.8. The Bertz CT molecular complexity index is 292. The summed E-state index contributed by atoms with van der Waals surface area (Å²) in [7, 11) is 0. The number of hydrogen-bond acceptors (Lipinski definition) is 2. The fraction of sp³-hybridized carbons (Fsp3) is 0.750. The topological polar surface area (TPSA) is 26.3 Å². The largest absolute Gasteiger partial charge is 0.463 e. The van der Waals surface area contributed by atoms with E-state index < -0.39 is 0 Å². The molecular formula is C20H36O2. The second-order valence-corrected chi connectivity index (χ2v) is 5.86. The summed E-state index contributed by atoms with van der Waals surface area (Å²) in [6, 6.07) is 0. The second-order valence-electron chi connectivity index (χ2n) is 5.86. The summed E-state index contributed by atoms with van der Waals surface area (Å²) in [6.45, 7) is 4.52. The molecule has 0 fully saturated rings. The van der Waals surface area contributed by atoms with Gasteiger partial charge in [-0.3, -0.25) is 0 Å². The summed E-state index contributed by atoms with van der Waals surface area (Å²) in [5, 5.41) is 0. The smallest absolute Gasteiger partial charge is 0.330 e. The Morgan fingerprint density at radius 1 is 0.773 bits per heavy atom. The molecule has 0 rings (SSSR count). The van der Waals surface area contributed by atoms with E-state index >= 15 is 0 Å². The van der Waals surface area contributed by atoms with Gasteiger partial charge in [0.15, 0.2) is 0 Å². The lowest BCUT2D eigenvalue weighted by atomic mass is 10.1. The molecule has 0 saturated heterocycles. The van der Waals surface area contributed by atoms with Crippen molar-refractivity contribution in [3.8, 4) is 0 Å². The van der Waals surface area contributed by atoms with Crippen LogP contribution >= 0.6 is 0 Å². The van der Waals surface area contributed by atoms with Crippen molar-refractivity contribution < 1.29 is 9.53 Å². The van der Waals surface area contributed by atoms with Gasteiger partial charge in [-0.1, -0.05) is 89.4 Å². The Hall–Kier alpha value is -1.05. The van der Waals surface area contributed by atoms with Crippen molar-refractivity contribution in [2.75, 3.05) is 6.61 Å². The molecule has 2 nitrogen and oxygen atoms in total. The van der Waals surface area contributed by atoms with Crippen molar-refractivity contribution in [1.82, 2.24) is 0 Å². The molecule has 22 heavy (non-hydrogen) atoms. The molecule has 0 atom stereocenters. The third-order valence-electron chi connectivity index (χ3n) is 3.74. The highest BCUT2D eigenvalue weighted by molar-refractivity contribution is 5.82. The average molecular weight is 309 g/mol. The van der Waals surface area contributed by atoms with Crippen LogP contribution in [0.5, 0.6) is 0 Å². The van der Waals surface area contributed by atoms with E-state index in [0.717, 1.165) is 6.42 Å². The van der Waals surface area contributed by atoms with E-state index in [-0.39, 0.29) is 5.97 Å². The number of esters is 1. The normalized spacial score (nSPS) is 11.5. The van der Waals surface area contributed by atoms with Gasteiger partial charge in [-0.2, -0.15) is 0 Å². The Labute approximate surface area is 138 Å². The van der Waals surface area contributed by atoms with E-state index in [1.807, 2.05) is 13.0 Å². The molecule has 128 valence electrons. The molecule has 0 aromatic rings. The summed E-state index contributed by atoms with van der Waals surface area (Å²) in [5.74, 6) is -0.262. The monoisotopic (exact) mass is 308 g/mol. The fourth-order valence-corrected chi connectivity index (χ4v) is 2.43. The molecule has 0 aliphatic rings. The fourth-order valence-electron chi connectivity index (χ4n) is 2.43. The molecule has 0 unspecified atom stereocenters. The first kappa shape index (κ1) is 20.9. The van der Waals surface area contributed by atoms with E-state index in [1.165, 1.54) is 76.7 Å². The molecule has 0 aliphatic carbocycles. The van der Waals surface area contributed by atoms with Crippen molar-refractivity contribution in [3.05, 3.63) is 24.3 Å². The third-order valence-corrected chi connectivity index (χ3v) is 3.74. The second kappa shape index (κ2) is 18.0. The number of unbranched alkanes of at least 4 members (excludes halogenated alkanes) is 11. The molecule has 0 aromatic carbocycles. The SMILES string of the molecule is CCCCCCCCCCCCC/C=C/C=C/C(=O)OCC. The number of ether oxygens (including phenoxy) is 1. The minimum absolute atomic E-state index is 0.262. The molecule has 0 aliphatic heterocycles. The first-order valence-electron chi connectivity index (χ1n) is 9.31. The summed E-state index contributed by atoms with van der Waals surface area (Å²) in [6.07, 6.45) is 23.6. The van der Waals surface area contributed by atoms with Gasteiger partial charge < -0.3 is 4.74 Å². The highest BCUT2D eigenvalue weighted by Crippen LogP contribution is 2.11. The molecule has 0 aromatic heterocycles.